The number of nitrogens with one attached hydrogen (secondary N) is 1. The molecule has 0 fully saturated rings. The SMILES string of the molecule is CC(=O)N(Cc1ccc(Cl)cc1)[C@@H](C(=O)NCCC1=CCCCC1)c1ccccc1. The van der Waals surface area contributed by atoms with E-state index < -0.39 is 6.04 Å². The fourth-order valence-electron chi connectivity index (χ4n) is 3.85. The highest BCUT2D eigenvalue weighted by atomic mass is 35.5. The summed E-state index contributed by atoms with van der Waals surface area (Å²) in [6.45, 7) is 2.43. The fraction of sp³-hybridized carbons (Fsp3) is 0.360. The highest BCUT2D eigenvalue weighted by molar-refractivity contribution is 6.30. The third-order valence-electron chi connectivity index (χ3n) is 5.48. The number of halogens is 1. The minimum Gasteiger partial charge on any atom is -0.354 e. The van der Waals surface area contributed by atoms with Crippen LogP contribution in [0.5, 0.6) is 0 Å². The molecule has 2 amide bonds. The van der Waals surface area contributed by atoms with Crippen molar-refractivity contribution in [2.75, 3.05) is 6.54 Å². The van der Waals surface area contributed by atoms with E-state index in [2.05, 4.69) is 11.4 Å². The lowest BCUT2D eigenvalue weighted by Gasteiger charge is -2.31. The van der Waals surface area contributed by atoms with Gasteiger partial charge in [-0.2, -0.15) is 0 Å². The summed E-state index contributed by atoms with van der Waals surface area (Å²) < 4.78 is 0. The van der Waals surface area contributed by atoms with Crippen LogP contribution in [0.3, 0.4) is 0 Å². The van der Waals surface area contributed by atoms with E-state index in [1.54, 1.807) is 17.0 Å². The molecule has 0 spiro atoms. The third-order valence-corrected chi connectivity index (χ3v) is 5.73. The summed E-state index contributed by atoms with van der Waals surface area (Å²) in [5, 5.41) is 3.71. The Morgan fingerprint density at radius 2 is 1.80 bits per heavy atom. The molecule has 0 heterocycles. The summed E-state index contributed by atoms with van der Waals surface area (Å²) in [7, 11) is 0. The summed E-state index contributed by atoms with van der Waals surface area (Å²) >= 11 is 5.99. The Morgan fingerprint density at radius 3 is 2.43 bits per heavy atom. The van der Waals surface area contributed by atoms with Gasteiger partial charge in [0.15, 0.2) is 0 Å². The molecule has 0 radical (unpaired) electrons. The first-order chi connectivity index (χ1) is 14.5. The molecule has 0 aliphatic heterocycles. The number of rotatable bonds is 8. The first-order valence-corrected chi connectivity index (χ1v) is 10.9. The van der Waals surface area contributed by atoms with E-state index in [1.165, 1.54) is 25.3 Å². The molecule has 0 saturated carbocycles. The molecule has 0 bridgehead atoms. The van der Waals surface area contributed by atoms with Crippen LogP contribution >= 0.6 is 11.6 Å². The van der Waals surface area contributed by atoms with Crippen molar-refractivity contribution in [3.8, 4) is 0 Å². The Morgan fingerprint density at radius 1 is 1.07 bits per heavy atom. The zero-order valence-corrected chi connectivity index (χ0v) is 18.2. The Hall–Kier alpha value is -2.59. The molecule has 0 saturated heterocycles. The standard InChI is InChI=1S/C25H29ClN2O2/c1-19(29)28(18-21-12-14-23(26)15-13-21)24(22-10-6-3-7-11-22)25(30)27-17-16-20-8-4-2-5-9-20/h3,6-8,10-15,24H,2,4-5,9,16-18H2,1H3,(H,27,30)/t24-/m1/s1. The highest BCUT2D eigenvalue weighted by Crippen LogP contribution is 2.25. The van der Waals surface area contributed by atoms with Crippen LogP contribution in [0.25, 0.3) is 0 Å². The first kappa shape index (κ1) is 22.1. The van der Waals surface area contributed by atoms with Gasteiger partial charge < -0.3 is 10.2 Å². The molecule has 1 aliphatic carbocycles. The summed E-state index contributed by atoms with van der Waals surface area (Å²) in [6.07, 6.45) is 7.90. The van der Waals surface area contributed by atoms with Gasteiger partial charge in [0, 0.05) is 25.0 Å². The third kappa shape index (κ3) is 6.20. The van der Waals surface area contributed by atoms with Crippen molar-refractivity contribution in [1.82, 2.24) is 10.2 Å². The topological polar surface area (TPSA) is 49.4 Å². The number of hydrogen-bond donors (Lipinski definition) is 1. The van der Waals surface area contributed by atoms with Crippen LogP contribution in [0, 0.1) is 0 Å². The predicted octanol–water partition coefficient (Wildman–Crippen LogP) is 5.44. The number of allylic oxidation sites excluding steroid dienone is 1. The zero-order valence-electron chi connectivity index (χ0n) is 17.4. The van der Waals surface area contributed by atoms with Gasteiger partial charge in [0.05, 0.1) is 0 Å². The first-order valence-electron chi connectivity index (χ1n) is 10.6. The molecule has 1 N–H and O–H groups in total. The average Bonchev–Trinajstić information content (AvgIpc) is 2.76. The van der Waals surface area contributed by atoms with Crippen molar-refractivity contribution in [1.29, 1.82) is 0 Å². The number of benzene rings is 2. The van der Waals surface area contributed by atoms with Crippen LogP contribution in [0.4, 0.5) is 0 Å². The molecule has 1 atom stereocenters. The Kier molecular flexibility index (Phi) is 8.09. The van der Waals surface area contributed by atoms with Crippen LogP contribution < -0.4 is 5.32 Å². The molecule has 5 heteroatoms. The fourth-order valence-corrected chi connectivity index (χ4v) is 3.98. The van der Waals surface area contributed by atoms with E-state index in [9.17, 15) is 9.59 Å². The van der Waals surface area contributed by atoms with E-state index >= 15 is 0 Å². The van der Waals surface area contributed by atoms with Crippen molar-refractivity contribution >= 4 is 23.4 Å². The van der Waals surface area contributed by atoms with E-state index in [4.69, 9.17) is 11.6 Å². The Bertz CT molecular complexity index is 878. The minimum absolute atomic E-state index is 0.149. The van der Waals surface area contributed by atoms with Crippen molar-refractivity contribution in [2.24, 2.45) is 0 Å². The van der Waals surface area contributed by atoms with E-state index in [0.717, 1.165) is 30.4 Å². The van der Waals surface area contributed by atoms with Gasteiger partial charge >= 0.3 is 0 Å². The second-order valence-corrected chi connectivity index (χ2v) is 8.17. The van der Waals surface area contributed by atoms with Crippen LogP contribution in [0.2, 0.25) is 5.02 Å². The monoisotopic (exact) mass is 424 g/mol. The second-order valence-electron chi connectivity index (χ2n) is 7.74. The second kappa shape index (κ2) is 11.0. The van der Waals surface area contributed by atoms with Gasteiger partial charge in [-0.1, -0.05) is 65.7 Å². The summed E-state index contributed by atoms with van der Waals surface area (Å²) in [6, 6.07) is 16.2. The van der Waals surface area contributed by atoms with Gasteiger partial charge in [0.1, 0.15) is 6.04 Å². The van der Waals surface area contributed by atoms with E-state index in [0.29, 0.717) is 18.1 Å². The Labute approximate surface area is 183 Å². The number of hydrogen-bond acceptors (Lipinski definition) is 2. The van der Waals surface area contributed by atoms with Crippen LogP contribution in [-0.4, -0.2) is 23.3 Å². The zero-order chi connectivity index (χ0) is 21.3. The molecule has 2 aromatic carbocycles. The predicted molar refractivity (Wildman–Crippen MR) is 121 cm³/mol. The smallest absolute Gasteiger partial charge is 0.247 e. The molecule has 1 aliphatic rings. The number of carbonyl (C=O) groups excluding carboxylic acids is 2. The quantitative estimate of drug-likeness (QED) is 0.574. The number of nitrogens with zero attached hydrogens (tertiary/aromatic N) is 1. The van der Waals surface area contributed by atoms with Crippen molar-refractivity contribution < 1.29 is 9.59 Å². The molecule has 0 unspecified atom stereocenters. The highest BCUT2D eigenvalue weighted by Gasteiger charge is 2.29. The van der Waals surface area contributed by atoms with Gasteiger partial charge in [-0.3, -0.25) is 9.59 Å². The molecule has 3 rings (SSSR count). The molecule has 0 aromatic heterocycles. The average molecular weight is 425 g/mol. The van der Waals surface area contributed by atoms with Gasteiger partial charge in [-0.15, -0.1) is 0 Å². The largest absolute Gasteiger partial charge is 0.354 e. The molecule has 2 aromatic rings. The number of amides is 2. The number of carbonyl (C=O) groups is 2. The van der Waals surface area contributed by atoms with Crippen LogP contribution in [0.1, 0.15) is 56.2 Å². The van der Waals surface area contributed by atoms with Gasteiger partial charge in [0.2, 0.25) is 11.8 Å². The van der Waals surface area contributed by atoms with Gasteiger partial charge in [-0.05, 0) is 55.4 Å². The normalized spacial score (nSPS) is 14.5. The van der Waals surface area contributed by atoms with Gasteiger partial charge in [-0.25, -0.2) is 0 Å². The lowest BCUT2D eigenvalue weighted by atomic mass is 9.97. The lowest BCUT2D eigenvalue weighted by Crippen LogP contribution is -2.42. The maximum atomic E-state index is 13.2. The van der Waals surface area contributed by atoms with Crippen LogP contribution in [0.15, 0.2) is 66.2 Å². The van der Waals surface area contributed by atoms with E-state index in [1.807, 2.05) is 42.5 Å². The molecule has 30 heavy (non-hydrogen) atoms. The maximum absolute atomic E-state index is 13.2. The molecular formula is C25H29ClN2O2. The molecule has 4 nitrogen and oxygen atoms in total. The summed E-state index contributed by atoms with van der Waals surface area (Å²) in [5.41, 5.74) is 3.15. The molecular weight excluding hydrogens is 396 g/mol. The van der Waals surface area contributed by atoms with Gasteiger partial charge in [0.25, 0.3) is 0 Å². The maximum Gasteiger partial charge on any atom is 0.247 e. The minimum atomic E-state index is -0.681. The van der Waals surface area contributed by atoms with Crippen molar-refractivity contribution in [2.45, 2.75) is 51.6 Å². The summed E-state index contributed by atoms with van der Waals surface area (Å²) in [5.74, 6) is -0.300. The lowest BCUT2D eigenvalue weighted by molar-refractivity contribution is -0.140. The molecule has 158 valence electrons. The summed E-state index contributed by atoms with van der Waals surface area (Å²) in [4.78, 5) is 27.4. The Balaban J connectivity index is 1.77. The van der Waals surface area contributed by atoms with Crippen molar-refractivity contribution in [3.05, 3.63) is 82.4 Å². The van der Waals surface area contributed by atoms with E-state index in [-0.39, 0.29) is 11.8 Å². The van der Waals surface area contributed by atoms with Crippen molar-refractivity contribution in [3.63, 3.8) is 0 Å². The van der Waals surface area contributed by atoms with Crippen LogP contribution in [-0.2, 0) is 16.1 Å².